The van der Waals surface area contributed by atoms with Gasteiger partial charge in [-0.15, -0.1) is 0 Å². The molecule has 2 rings (SSSR count). The van der Waals surface area contributed by atoms with Gasteiger partial charge in [0.25, 0.3) is 0 Å². The van der Waals surface area contributed by atoms with E-state index < -0.39 is 0 Å². The molecule has 1 aromatic carbocycles. The summed E-state index contributed by atoms with van der Waals surface area (Å²) in [5.74, 6) is 1.56. The van der Waals surface area contributed by atoms with Crippen LogP contribution >= 0.6 is 15.9 Å². The van der Waals surface area contributed by atoms with Gasteiger partial charge < -0.3 is 15.4 Å². The Kier molecular flexibility index (Phi) is 5.77. The Labute approximate surface area is 138 Å². The van der Waals surface area contributed by atoms with Gasteiger partial charge in [-0.25, -0.2) is 9.78 Å². The van der Waals surface area contributed by atoms with Crippen molar-refractivity contribution in [2.24, 2.45) is 5.92 Å². The molecule has 1 heterocycles. The van der Waals surface area contributed by atoms with Gasteiger partial charge in [0.1, 0.15) is 5.75 Å². The first-order valence-electron chi connectivity index (χ1n) is 6.97. The highest BCUT2D eigenvalue weighted by Crippen LogP contribution is 2.23. The molecule has 0 spiro atoms. The molecule has 0 aliphatic heterocycles. The molecular weight excluding hydrogens is 346 g/mol. The summed E-state index contributed by atoms with van der Waals surface area (Å²) >= 11 is 3.38. The van der Waals surface area contributed by atoms with Gasteiger partial charge in [0, 0.05) is 17.1 Å². The Balaban J connectivity index is 1.91. The molecule has 0 bridgehead atoms. The van der Waals surface area contributed by atoms with E-state index in [0.29, 0.717) is 29.8 Å². The molecule has 0 atom stereocenters. The number of ether oxygens (including phenoxy) is 1. The second kappa shape index (κ2) is 7.79. The number of rotatable bonds is 5. The molecule has 0 saturated carbocycles. The van der Waals surface area contributed by atoms with E-state index in [4.69, 9.17) is 4.74 Å². The summed E-state index contributed by atoms with van der Waals surface area (Å²) in [5.41, 5.74) is 0.614. The molecule has 0 fully saturated rings. The monoisotopic (exact) mass is 363 g/mol. The van der Waals surface area contributed by atoms with E-state index in [1.54, 1.807) is 18.3 Å². The minimum absolute atomic E-state index is 0.240. The van der Waals surface area contributed by atoms with Crippen molar-refractivity contribution >= 4 is 27.6 Å². The second-order valence-electron chi connectivity index (χ2n) is 5.17. The number of hydrogen-bond donors (Lipinski definition) is 2. The fraction of sp³-hybridized carbons (Fsp3) is 0.250. The summed E-state index contributed by atoms with van der Waals surface area (Å²) in [6.45, 7) is 4.70. The maximum absolute atomic E-state index is 11.6. The third-order valence-electron chi connectivity index (χ3n) is 2.68. The van der Waals surface area contributed by atoms with Crippen LogP contribution in [0.1, 0.15) is 13.8 Å². The van der Waals surface area contributed by atoms with Crippen molar-refractivity contribution in [3.8, 4) is 11.6 Å². The van der Waals surface area contributed by atoms with Crippen molar-refractivity contribution in [2.45, 2.75) is 13.8 Å². The maximum Gasteiger partial charge on any atom is 0.319 e. The van der Waals surface area contributed by atoms with E-state index >= 15 is 0 Å². The van der Waals surface area contributed by atoms with Crippen molar-refractivity contribution in [1.82, 2.24) is 10.3 Å². The molecule has 2 aromatic rings. The second-order valence-corrected chi connectivity index (χ2v) is 6.09. The zero-order valence-corrected chi connectivity index (χ0v) is 14.1. The largest absolute Gasteiger partial charge is 0.439 e. The lowest BCUT2D eigenvalue weighted by Gasteiger charge is -2.10. The van der Waals surface area contributed by atoms with Crippen LogP contribution in [0.3, 0.4) is 0 Å². The normalized spacial score (nSPS) is 10.4. The van der Waals surface area contributed by atoms with Gasteiger partial charge in [-0.05, 0) is 30.2 Å². The lowest BCUT2D eigenvalue weighted by Crippen LogP contribution is -2.31. The summed E-state index contributed by atoms with van der Waals surface area (Å²) in [6, 6.07) is 10.7. The average molecular weight is 364 g/mol. The van der Waals surface area contributed by atoms with E-state index in [0.717, 1.165) is 4.47 Å². The molecule has 5 nitrogen and oxygen atoms in total. The van der Waals surface area contributed by atoms with Crippen LogP contribution in [0.25, 0.3) is 0 Å². The zero-order chi connectivity index (χ0) is 15.9. The number of hydrogen-bond acceptors (Lipinski definition) is 3. The van der Waals surface area contributed by atoms with Crippen molar-refractivity contribution in [3.05, 3.63) is 47.1 Å². The molecule has 0 unspecified atom stereocenters. The summed E-state index contributed by atoms with van der Waals surface area (Å²) in [6.07, 6.45) is 1.56. The first-order chi connectivity index (χ1) is 10.5. The van der Waals surface area contributed by atoms with E-state index in [2.05, 4.69) is 31.5 Å². The van der Waals surface area contributed by atoms with Crippen LogP contribution in [-0.4, -0.2) is 17.6 Å². The molecule has 6 heteroatoms. The van der Waals surface area contributed by atoms with Gasteiger partial charge in [-0.3, -0.25) is 0 Å². The van der Waals surface area contributed by atoms with Crippen molar-refractivity contribution in [1.29, 1.82) is 0 Å². The van der Waals surface area contributed by atoms with Gasteiger partial charge in [-0.2, -0.15) is 0 Å². The summed E-state index contributed by atoms with van der Waals surface area (Å²) < 4.78 is 6.56. The third-order valence-corrected chi connectivity index (χ3v) is 3.18. The smallest absolute Gasteiger partial charge is 0.319 e. The molecule has 116 valence electrons. The minimum atomic E-state index is -0.240. The highest BCUT2D eigenvalue weighted by Gasteiger charge is 2.04. The van der Waals surface area contributed by atoms with Crippen molar-refractivity contribution in [2.75, 3.05) is 11.9 Å². The SMILES string of the molecule is CC(C)CNC(=O)Nc1ccc(Oc2cccc(Br)c2)nc1. The van der Waals surface area contributed by atoms with Crippen LogP contribution in [0.5, 0.6) is 11.6 Å². The predicted octanol–water partition coefficient (Wildman–Crippen LogP) is 4.41. The number of carbonyl (C=O) groups excluding carboxylic acids is 1. The maximum atomic E-state index is 11.6. The van der Waals surface area contributed by atoms with E-state index in [-0.39, 0.29) is 6.03 Å². The lowest BCUT2D eigenvalue weighted by molar-refractivity contribution is 0.251. The first-order valence-corrected chi connectivity index (χ1v) is 7.76. The third kappa shape index (κ3) is 5.37. The summed E-state index contributed by atoms with van der Waals surface area (Å²) in [5, 5.41) is 5.50. The number of nitrogens with zero attached hydrogens (tertiary/aromatic N) is 1. The number of benzene rings is 1. The van der Waals surface area contributed by atoms with Crippen LogP contribution in [0.2, 0.25) is 0 Å². The average Bonchev–Trinajstić information content (AvgIpc) is 2.47. The van der Waals surface area contributed by atoms with Gasteiger partial charge >= 0.3 is 6.03 Å². The molecule has 22 heavy (non-hydrogen) atoms. The number of carbonyl (C=O) groups is 1. The predicted molar refractivity (Wildman–Crippen MR) is 90.3 cm³/mol. The fourth-order valence-electron chi connectivity index (χ4n) is 1.64. The topological polar surface area (TPSA) is 63.2 Å². The standard InChI is InChI=1S/C16H18BrN3O2/c1-11(2)9-19-16(21)20-13-6-7-15(18-10-13)22-14-5-3-4-12(17)8-14/h3-8,10-11H,9H2,1-2H3,(H2,19,20,21). The zero-order valence-electron chi connectivity index (χ0n) is 12.5. The first kappa shape index (κ1) is 16.3. The Morgan fingerprint density at radius 3 is 2.77 bits per heavy atom. The fourth-order valence-corrected chi connectivity index (χ4v) is 2.02. The highest BCUT2D eigenvalue weighted by molar-refractivity contribution is 9.10. The van der Waals surface area contributed by atoms with Crippen LogP contribution in [0.15, 0.2) is 47.1 Å². The van der Waals surface area contributed by atoms with Gasteiger partial charge in [0.15, 0.2) is 0 Å². The van der Waals surface area contributed by atoms with Crippen LogP contribution in [-0.2, 0) is 0 Å². The number of pyridine rings is 1. The number of halogens is 1. The molecule has 0 saturated heterocycles. The molecule has 0 aliphatic rings. The molecule has 2 N–H and O–H groups in total. The van der Waals surface area contributed by atoms with Crippen LogP contribution < -0.4 is 15.4 Å². The quantitative estimate of drug-likeness (QED) is 0.826. The number of amides is 2. The van der Waals surface area contributed by atoms with Gasteiger partial charge in [0.2, 0.25) is 5.88 Å². The summed E-state index contributed by atoms with van der Waals surface area (Å²) in [7, 11) is 0. The number of urea groups is 1. The van der Waals surface area contributed by atoms with Gasteiger partial charge in [-0.1, -0.05) is 35.8 Å². The van der Waals surface area contributed by atoms with E-state index in [9.17, 15) is 4.79 Å². The Hall–Kier alpha value is -2.08. The van der Waals surface area contributed by atoms with E-state index in [1.807, 2.05) is 38.1 Å². The molecule has 1 aromatic heterocycles. The minimum Gasteiger partial charge on any atom is -0.439 e. The van der Waals surface area contributed by atoms with Gasteiger partial charge in [0.05, 0.1) is 11.9 Å². The number of nitrogens with one attached hydrogen (secondary N) is 2. The van der Waals surface area contributed by atoms with E-state index in [1.165, 1.54) is 0 Å². The number of anilines is 1. The summed E-state index contributed by atoms with van der Waals surface area (Å²) in [4.78, 5) is 15.8. The Bertz CT molecular complexity index is 630. The van der Waals surface area contributed by atoms with Crippen LogP contribution in [0, 0.1) is 5.92 Å². The Morgan fingerprint density at radius 1 is 1.32 bits per heavy atom. The molecule has 2 amide bonds. The molecule has 0 aliphatic carbocycles. The van der Waals surface area contributed by atoms with Crippen molar-refractivity contribution in [3.63, 3.8) is 0 Å². The van der Waals surface area contributed by atoms with Crippen LogP contribution in [0.4, 0.5) is 10.5 Å². The lowest BCUT2D eigenvalue weighted by atomic mass is 10.2. The highest BCUT2D eigenvalue weighted by atomic mass is 79.9. The molecule has 0 radical (unpaired) electrons. The number of aromatic nitrogens is 1. The molecular formula is C16H18BrN3O2. The van der Waals surface area contributed by atoms with Crippen molar-refractivity contribution < 1.29 is 9.53 Å². The Morgan fingerprint density at radius 2 is 2.14 bits per heavy atom.